The fraction of sp³-hybridized carbons (Fsp3) is 0.154. The van der Waals surface area contributed by atoms with Gasteiger partial charge in [0.05, 0.1) is 17.3 Å². The van der Waals surface area contributed by atoms with Gasteiger partial charge in [-0.1, -0.05) is 23.7 Å². The molecule has 0 atom stereocenters. The summed E-state index contributed by atoms with van der Waals surface area (Å²) in [6.45, 7) is 2.73. The number of hydrogen-bond acceptors (Lipinski definition) is 5. The Balaban J connectivity index is 1.68. The Hall–Kier alpha value is -3.22. The van der Waals surface area contributed by atoms with E-state index in [9.17, 15) is 10.1 Å². The molecular formula is C26H22ClIN2O4. The van der Waals surface area contributed by atoms with Crippen molar-refractivity contribution in [3.05, 3.63) is 86.0 Å². The van der Waals surface area contributed by atoms with Crippen LogP contribution >= 0.6 is 34.2 Å². The van der Waals surface area contributed by atoms with Crippen molar-refractivity contribution in [1.82, 2.24) is 0 Å². The number of methoxy groups -OCH3 is 1. The normalized spacial score (nSPS) is 10.9. The molecule has 1 amide bonds. The van der Waals surface area contributed by atoms with Gasteiger partial charge in [0, 0.05) is 10.7 Å². The van der Waals surface area contributed by atoms with Gasteiger partial charge < -0.3 is 19.5 Å². The zero-order valence-corrected chi connectivity index (χ0v) is 21.5. The molecule has 1 N–H and O–H groups in total. The molecule has 0 spiro atoms. The molecule has 0 saturated carbocycles. The van der Waals surface area contributed by atoms with Gasteiger partial charge in [0.1, 0.15) is 24.0 Å². The van der Waals surface area contributed by atoms with Crippen LogP contribution in [0.15, 0.2) is 66.2 Å². The number of nitrogens with zero attached hydrogens (tertiary/aromatic N) is 1. The number of benzene rings is 3. The lowest BCUT2D eigenvalue weighted by molar-refractivity contribution is -0.112. The van der Waals surface area contributed by atoms with Crippen LogP contribution in [0.4, 0.5) is 5.69 Å². The Bertz CT molecular complexity index is 1220. The van der Waals surface area contributed by atoms with E-state index in [2.05, 4.69) is 27.9 Å². The molecule has 3 aromatic carbocycles. The maximum absolute atomic E-state index is 12.7. The van der Waals surface area contributed by atoms with Gasteiger partial charge in [-0.25, -0.2) is 0 Å². The number of halogens is 2. The maximum Gasteiger partial charge on any atom is 0.266 e. The number of anilines is 1. The van der Waals surface area contributed by atoms with Crippen LogP contribution in [0.2, 0.25) is 5.02 Å². The first kappa shape index (κ1) is 25.4. The molecule has 0 bridgehead atoms. The Labute approximate surface area is 217 Å². The number of nitrogens with one attached hydrogen (secondary N) is 1. The van der Waals surface area contributed by atoms with Crippen molar-refractivity contribution in [2.24, 2.45) is 0 Å². The molecule has 0 fully saturated rings. The summed E-state index contributed by atoms with van der Waals surface area (Å²) >= 11 is 8.02. The van der Waals surface area contributed by atoms with E-state index in [0.29, 0.717) is 46.7 Å². The largest absolute Gasteiger partial charge is 0.492 e. The molecular weight excluding hydrogens is 567 g/mol. The molecule has 0 aromatic heterocycles. The van der Waals surface area contributed by atoms with Crippen LogP contribution < -0.4 is 19.5 Å². The van der Waals surface area contributed by atoms with E-state index in [0.717, 1.165) is 9.13 Å². The zero-order chi connectivity index (χ0) is 24.5. The molecule has 0 saturated heterocycles. The van der Waals surface area contributed by atoms with Crippen LogP contribution in [0.5, 0.6) is 17.2 Å². The topological polar surface area (TPSA) is 80.6 Å². The second kappa shape index (κ2) is 12.3. The van der Waals surface area contributed by atoms with Crippen molar-refractivity contribution < 1.29 is 19.0 Å². The summed E-state index contributed by atoms with van der Waals surface area (Å²) in [6.07, 6.45) is 1.52. The summed E-state index contributed by atoms with van der Waals surface area (Å²) in [5, 5.41) is 13.0. The number of carbonyl (C=O) groups excluding carboxylic acids is 1. The number of carbonyl (C=O) groups is 1. The summed E-state index contributed by atoms with van der Waals surface area (Å²) in [5.74, 6) is 1.30. The molecule has 8 heteroatoms. The number of nitriles is 1. The van der Waals surface area contributed by atoms with Gasteiger partial charge in [0.2, 0.25) is 0 Å². The van der Waals surface area contributed by atoms with Gasteiger partial charge in [0.25, 0.3) is 5.91 Å². The first-order valence-electron chi connectivity index (χ1n) is 10.3. The summed E-state index contributed by atoms with van der Waals surface area (Å²) in [5.41, 5.74) is 2.16. The Morgan fingerprint density at radius 3 is 2.44 bits per heavy atom. The van der Waals surface area contributed by atoms with E-state index >= 15 is 0 Å². The minimum absolute atomic E-state index is 0.0357. The highest BCUT2D eigenvalue weighted by molar-refractivity contribution is 14.1. The Morgan fingerprint density at radius 1 is 1.12 bits per heavy atom. The van der Waals surface area contributed by atoms with Gasteiger partial charge in [-0.3, -0.25) is 4.79 Å². The van der Waals surface area contributed by atoms with Crippen LogP contribution in [0, 0.1) is 14.9 Å². The van der Waals surface area contributed by atoms with Crippen molar-refractivity contribution in [1.29, 1.82) is 5.26 Å². The van der Waals surface area contributed by atoms with Crippen LogP contribution in [0.1, 0.15) is 18.1 Å². The van der Waals surface area contributed by atoms with Crippen molar-refractivity contribution in [2.75, 3.05) is 19.0 Å². The molecule has 34 heavy (non-hydrogen) atoms. The van der Waals surface area contributed by atoms with Crippen LogP contribution in [0.3, 0.4) is 0 Å². The van der Waals surface area contributed by atoms with Crippen molar-refractivity contribution in [2.45, 2.75) is 13.5 Å². The lowest BCUT2D eigenvalue weighted by atomic mass is 10.1. The average molecular weight is 589 g/mol. The molecule has 0 aliphatic carbocycles. The Kier molecular flexibility index (Phi) is 9.19. The van der Waals surface area contributed by atoms with Crippen molar-refractivity contribution in [3.8, 4) is 23.3 Å². The lowest BCUT2D eigenvalue weighted by Crippen LogP contribution is -2.13. The maximum atomic E-state index is 12.7. The molecule has 6 nitrogen and oxygen atoms in total. The van der Waals surface area contributed by atoms with E-state index in [4.69, 9.17) is 25.8 Å². The second-order valence-corrected chi connectivity index (χ2v) is 8.63. The monoisotopic (exact) mass is 588 g/mol. The van der Waals surface area contributed by atoms with Crippen LogP contribution in [-0.4, -0.2) is 19.6 Å². The average Bonchev–Trinajstić information content (AvgIpc) is 2.83. The number of hydrogen-bond donors (Lipinski definition) is 1. The molecule has 0 heterocycles. The van der Waals surface area contributed by atoms with E-state index in [1.165, 1.54) is 6.08 Å². The predicted octanol–water partition coefficient (Wildman–Crippen LogP) is 6.48. The van der Waals surface area contributed by atoms with Crippen LogP contribution in [-0.2, 0) is 11.4 Å². The molecule has 0 radical (unpaired) electrons. The third kappa shape index (κ3) is 6.89. The van der Waals surface area contributed by atoms with Gasteiger partial charge in [-0.05, 0) is 95.2 Å². The number of rotatable bonds is 9. The minimum Gasteiger partial charge on any atom is -0.492 e. The van der Waals surface area contributed by atoms with Crippen LogP contribution in [0.25, 0.3) is 6.08 Å². The molecule has 3 rings (SSSR count). The molecule has 174 valence electrons. The molecule has 0 aliphatic heterocycles. The highest BCUT2D eigenvalue weighted by Crippen LogP contribution is 2.34. The number of ether oxygens (including phenoxy) is 3. The SMILES string of the molecule is CCOc1cc(/C=C(\C#N)C(=O)Nc2ccc(OCc3ccc(Cl)cc3)cc2)cc(I)c1OC. The fourth-order valence-corrected chi connectivity index (χ4v) is 4.00. The van der Waals surface area contributed by atoms with Gasteiger partial charge >= 0.3 is 0 Å². The minimum atomic E-state index is -0.513. The van der Waals surface area contributed by atoms with Crippen molar-refractivity contribution >= 4 is 51.9 Å². The highest BCUT2D eigenvalue weighted by atomic mass is 127. The summed E-state index contributed by atoms with van der Waals surface area (Å²) in [7, 11) is 1.57. The third-order valence-corrected chi connectivity index (χ3v) is 5.70. The molecule has 0 unspecified atom stereocenters. The quantitative estimate of drug-likeness (QED) is 0.176. The van der Waals surface area contributed by atoms with Gasteiger partial charge in [-0.2, -0.15) is 5.26 Å². The second-order valence-electron chi connectivity index (χ2n) is 7.03. The van der Waals surface area contributed by atoms with E-state index in [1.54, 1.807) is 37.4 Å². The fourth-order valence-electron chi connectivity index (χ4n) is 3.03. The summed E-state index contributed by atoms with van der Waals surface area (Å²) in [4.78, 5) is 12.7. The van der Waals surface area contributed by atoms with Gasteiger partial charge in [0.15, 0.2) is 11.5 Å². The number of amides is 1. The smallest absolute Gasteiger partial charge is 0.266 e. The van der Waals surface area contributed by atoms with E-state index in [-0.39, 0.29) is 5.57 Å². The first-order valence-corrected chi connectivity index (χ1v) is 11.8. The predicted molar refractivity (Wildman–Crippen MR) is 141 cm³/mol. The van der Waals surface area contributed by atoms with Gasteiger partial charge in [-0.15, -0.1) is 0 Å². The summed E-state index contributed by atoms with van der Waals surface area (Å²) < 4.78 is 17.6. The van der Waals surface area contributed by atoms with E-state index < -0.39 is 5.91 Å². The lowest BCUT2D eigenvalue weighted by Gasteiger charge is -2.12. The third-order valence-electron chi connectivity index (χ3n) is 4.64. The summed E-state index contributed by atoms with van der Waals surface area (Å²) in [6, 6.07) is 19.9. The molecule has 0 aliphatic rings. The highest BCUT2D eigenvalue weighted by Gasteiger charge is 2.14. The standard InChI is InChI=1S/C26H22ClIN2O4/c1-3-33-24-14-18(13-23(28)25(24)32-2)12-19(15-29)26(31)30-21-8-10-22(11-9-21)34-16-17-4-6-20(27)7-5-17/h4-14H,3,16H2,1-2H3,(H,30,31)/b19-12+. The Morgan fingerprint density at radius 2 is 1.82 bits per heavy atom. The first-order chi connectivity index (χ1) is 16.4. The molecule has 3 aromatic rings. The van der Waals surface area contributed by atoms with E-state index in [1.807, 2.05) is 43.3 Å². The van der Waals surface area contributed by atoms with Crippen molar-refractivity contribution in [3.63, 3.8) is 0 Å². The zero-order valence-electron chi connectivity index (χ0n) is 18.6.